The largest absolute Gasteiger partial charge is 0.302 e. The number of carbonyl (C=O) groups excluding carboxylic acids is 1. The minimum Gasteiger partial charge on any atom is -0.302 e. The van der Waals surface area contributed by atoms with Crippen LogP contribution in [0, 0.1) is 0 Å². The van der Waals surface area contributed by atoms with Crippen LogP contribution in [0.1, 0.15) is 24.6 Å². The summed E-state index contributed by atoms with van der Waals surface area (Å²) in [5.74, 6) is -0.168. The van der Waals surface area contributed by atoms with Gasteiger partial charge >= 0.3 is 0 Å². The van der Waals surface area contributed by atoms with E-state index in [-0.39, 0.29) is 17.4 Å². The van der Waals surface area contributed by atoms with Crippen LogP contribution in [0.15, 0.2) is 35.7 Å². The number of hydrogen-bond acceptors (Lipinski definition) is 5. The number of rotatable bonds is 7. The van der Waals surface area contributed by atoms with Gasteiger partial charge in [-0.2, -0.15) is 0 Å². The van der Waals surface area contributed by atoms with Gasteiger partial charge in [0.05, 0.1) is 17.2 Å². The first-order valence-corrected chi connectivity index (χ1v) is 9.61. The molecule has 7 heteroatoms. The first-order chi connectivity index (χ1) is 10.4. The second-order valence-corrected chi connectivity index (χ2v) is 8.05. The van der Waals surface area contributed by atoms with Crippen molar-refractivity contribution in [3.63, 3.8) is 0 Å². The van der Waals surface area contributed by atoms with E-state index >= 15 is 0 Å². The molecule has 1 heterocycles. The molecule has 2 rings (SSSR count). The summed E-state index contributed by atoms with van der Waals surface area (Å²) in [5.41, 5.74) is 1.62. The minimum atomic E-state index is -3.19. The van der Waals surface area contributed by atoms with Gasteiger partial charge in [-0.15, -0.1) is 11.3 Å². The van der Waals surface area contributed by atoms with Crippen molar-refractivity contribution in [2.45, 2.75) is 25.5 Å². The predicted molar refractivity (Wildman–Crippen MR) is 88.7 cm³/mol. The first-order valence-electron chi connectivity index (χ1n) is 6.91. The third kappa shape index (κ3) is 5.57. The van der Waals surface area contributed by atoms with E-state index < -0.39 is 9.84 Å². The van der Waals surface area contributed by atoms with Gasteiger partial charge in [0.25, 0.3) is 0 Å². The summed E-state index contributed by atoms with van der Waals surface area (Å²) in [6.07, 6.45) is 1.34. The lowest BCUT2D eigenvalue weighted by atomic mass is 10.1. The molecule has 0 aliphatic carbocycles. The van der Waals surface area contributed by atoms with Gasteiger partial charge < -0.3 is 5.32 Å². The monoisotopic (exact) mass is 338 g/mol. The molecule has 2 aromatic rings. The van der Waals surface area contributed by atoms with Gasteiger partial charge in [-0.05, 0) is 18.4 Å². The maximum atomic E-state index is 12.1. The Morgan fingerprint density at radius 1 is 1.27 bits per heavy atom. The number of aryl methyl sites for hydroxylation is 1. The van der Waals surface area contributed by atoms with E-state index in [2.05, 4.69) is 10.3 Å². The summed E-state index contributed by atoms with van der Waals surface area (Å²) >= 11 is 1.23. The lowest BCUT2D eigenvalue weighted by molar-refractivity contribution is -0.114. The molecule has 0 unspecified atom stereocenters. The van der Waals surface area contributed by atoms with Crippen LogP contribution in [0.3, 0.4) is 0 Å². The summed E-state index contributed by atoms with van der Waals surface area (Å²) in [6, 6.07) is 9.82. The highest BCUT2D eigenvalue weighted by Gasteiger charge is 2.14. The van der Waals surface area contributed by atoms with E-state index in [1.807, 2.05) is 30.3 Å². The van der Waals surface area contributed by atoms with Crippen LogP contribution >= 0.6 is 11.3 Å². The number of carbonyl (C=O) groups is 1. The number of amides is 1. The predicted octanol–water partition coefficient (Wildman–Crippen LogP) is 2.65. The van der Waals surface area contributed by atoms with Crippen LogP contribution in [0.5, 0.6) is 0 Å². The molecular formula is C15H18N2O3S2. The van der Waals surface area contributed by atoms with Crippen LogP contribution < -0.4 is 5.32 Å². The van der Waals surface area contributed by atoms with Crippen molar-refractivity contribution in [3.05, 3.63) is 47.0 Å². The van der Waals surface area contributed by atoms with E-state index in [9.17, 15) is 13.2 Å². The second-order valence-electron chi connectivity index (χ2n) is 5.01. The summed E-state index contributed by atoms with van der Waals surface area (Å²) in [5, 5.41) is 4.65. The van der Waals surface area contributed by atoms with Gasteiger partial charge in [-0.1, -0.05) is 30.3 Å². The zero-order valence-electron chi connectivity index (χ0n) is 12.3. The van der Waals surface area contributed by atoms with Crippen LogP contribution in [-0.2, 0) is 26.8 Å². The highest BCUT2D eigenvalue weighted by molar-refractivity contribution is 7.90. The maximum Gasteiger partial charge on any atom is 0.223 e. The Labute approximate surface area is 134 Å². The Morgan fingerprint density at radius 3 is 2.68 bits per heavy atom. The fourth-order valence-corrected chi connectivity index (χ4v) is 4.21. The standard InChI is InChI=1S/C15H18N2O3S2/c1-12(18)16-15-17-14(10-21-15)11-22(19,20)9-5-8-13-6-3-2-4-7-13/h2-4,6-7,10H,5,8-9,11H2,1H3,(H,16,17,18). The Hall–Kier alpha value is -1.73. The molecule has 0 bridgehead atoms. The van der Waals surface area contributed by atoms with E-state index in [0.717, 1.165) is 12.0 Å². The molecule has 0 saturated carbocycles. The number of sulfone groups is 1. The normalized spacial score (nSPS) is 11.3. The van der Waals surface area contributed by atoms with E-state index in [4.69, 9.17) is 0 Å². The molecule has 1 aromatic carbocycles. The molecule has 22 heavy (non-hydrogen) atoms. The zero-order valence-corrected chi connectivity index (χ0v) is 13.9. The summed E-state index contributed by atoms with van der Waals surface area (Å²) in [4.78, 5) is 15.0. The van der Waals surface area contributed by atoms with Gasteiger partial charge in [0.2, 0.25) is 5.91 Å². The number of aromatic nitrogens is 1. The third-order valence-electron chi connectivity index (χ3n) is 2.97. The average Bonchev–Trinajstić information content (AvgIpc) is 2.85. The molecule has 5 nitrogen and oxygen atoms in total. The summed E-state index contributed by atoms with van der Waals surface area (Å²) in [7, 11) is -3.19. The van der Waals surface area contributed by atoms with Crippen molar-refractivity contribution in [2.24, 2.45) is 0 Å². The van der Waals surface area contributed by atoms with E-state index in [1.54, 1.807) is 5.38 Å². The molecule has 1 N–H and O–H groups in total. The Morgan fingerprint density at radius 2 is 2.00 bits per heavy atom. The lowest BCUT2D eigenvalue weighted by Gasteiger charge is -2.03. The zero-order chi connectivity index (χ0) is 16.0. The van der Waals surface area contributed by atoms with E-state index in [1.165, 1.54) is 18.3 Å². The molecule has 1 amide bonds. The molecule has 0 spiro atoms. The highest BCUT2D eigenvalue weighted by Crippen LogP contribution is 2.18. The second kappa shape index (κ2) is 7.51. The molecule has 1 aromatic heterocycles. The van der Waals surface area contributed by atoms with Crippen molar-refractivity contribution in [2.75, 3.05) is 11.1 Å². The van der Waals surface area contributed by atoms with Crippen molar-refractivity contribution in [3.8, 4) is 0 Å². The minimum absolute atomic E-state index is 0.0854. The van der Waals surface area contributed by atoms with E-state index in [0.29, 0.717) is 17.2 Å². The van der Waals surface area contributed by atoms with Gasteiger partial charge in [-0.25, -0.2) is 13.4 Å². The molecule has 0 fully saturated rings. The van der Waals surface area contributed by atoms with Gasteiger partial charge in [0, 0.05) is 12.3 Å². The van der Waals surface area contributed by atoms with Gasteiger partial charge in [-0.3, -0.25) is 4.79 Å². The van der Waals surface area contributed by atoms with Crippen molar-refractivity contribution >= 4 is 32.2 Å². The number of thiazole rings is 1. The van der Waals surface area contributed by atoms with Crippen LogP contribution in [0.25, 0.3) is 0 Å². The topological polar surface area (TPSA) is 76.1 Å². The quantitative estimate of drug-likeness (QED) is 0.842. The molecule has 0 atom stereocenters. The van der Waals surface area contributed by atoms with Crippen LogP contribution in [0.2, 0.25) is 0 Å². The number of hydrogen-bond donors (Lipinski definition) is 1. The third-order valence-corrected chi connectivity index (χ3v) is 5.42. The summed E-state index contributed by atoms with van der Waals surface area (Å²) < 4.78 is 24.2. The molecule has 0 aliphatic heterocycles. The van der Waals surface area contributed by atoms with Gasteiger partial charge in [0.15, 0.2) is 15.0 Å². The number of nitrogens with one attached hydrogen (secondary N) is 1. The van der Waals surface area contributed by atoms with Crippen molar-refractivity contribution < 1.29 is 13.2 Å². The maximum absolute atomic E-state index is 12.1. The van der Waals surface area contributed by atoms with Crippen LogP contribution in [0.4, 0.5) is 5.13 Å². The highest BCUT2D eigenvalue weighted by atomic mass is 32.2. The van der Waals surface area contributed by atoms with Gasteiger partial charge in [0.1, 0.15) is 0 Å². The summed E-state index contributed by atoms with van der Waals surface area (Å²) in [6.45, 7) is 1.39. The number of benzene rings is 1. The van der Waals surface area contributed by atoms with Crippen molar-refractivity contribution in [1.29, 1.82) is 0 Å². The lowest BCUT2D eigenvalue weighted by Crippen LogP contribution is -2.11. The smallest absolute Gasteiger partial charge is 0.223 e. The number of nitrogens with zero attached hydrogens (tertiary/aromatic N) is 1. The fourth-order valence-electron chi connectivity index (χ4n) is 2.02. The molecule has 118 valence electrons. The number of anilines is 1. The van der Waals surface area contributed by atoms with Crippen LogP contribution in [-0.4, -0.2) is 25.1 Å². The molecule has 0 aliphatic rings. The first kappa shape index (κ1) is 16.6. The van der Waals surface area contributed by atoms with Crippen molar-refractivity contribution in [1.82, 2.24) is 4.98 Å². The Balaban J connectivity index is 1.85. The fraction of sp³-hybridized carbons (Fsp3) is 0.333. The molecular weight excluding hydrogens is 320 g/mol. The molecule has 0 radical (unpaired) electrons. The molecule has 0 saturated heterocycles. The average molecular weight is 338 g/mol. The Bertz CT molecular complexity index is 724. The Kier molecular flexibility index (Phi) is 5.68. The SMILES string of the molecule is CC(=O)Nc1nc(CS(=O)(=O)CCCc2ccccc2)cs1.